The second-order valence-electron chi connectivity index (χ2n) is 4.94. The van der Waals surface area contributed by atoms with E-state index in [-0.39, 0.29) is 16.9 Å². The number of sulfonamides is 1. The van der Waals surface area contributed by atoms with E-state index in [0.29, 0.717) is 5.75 Å². The molecule has 0 aromatic heterocycles. The lowest BCUT2D eigenvalue weighted by Gasteiger charge is -2.19. The molecule has 0 aliphatic rings. The highest BCUT2D eigenvalue weighted by molar-refractivity contribution is 7.98. The van der Waals surface area contributed by atoms with E-state index in [2.05, 4.69) is 5.32 Å². The Morgan fingerprint density at radius 1 is 1.26 bits per heavy atom. The van der Waals surface area contributed by atoms with Crippen LogP contribution in [0.5, 0.6) is 0 Å². The van der Waals surface area contributed by atoms with Gasteiger partial charge in [0.1, 0.15) is 0 Å². The maximum Gasteiger partial charge on any atom is 0.251 e. The van der Waals surface area contributed by atoms with Crippen LogP contribution in [0.1, 0.15) is 16.8 Å². The van der Waals surface area contributed by atoms with Crippen LogP contribution >= 0.6 is 11.8 Å². The normalized spacial score (nSPS) is 12.9. The van der Waals surface area contributed by atoms with E-state index in [1.165, 1.54) is 50.1 Å². The van der Waals surface area contributed by atoms with Crippen molar-refractivity contribution in [2.75, 3.05) is 26.1 Å². The Labute approximate surface area is 140 Å². The van der Waals surface area contributed by atoms with Gasteiger partial charge in [0, 0.05) is 19.7 Å². The molecule has 1 rings (SSSR count). The first-order valence-corrected chi connectivity index (χ1v) is 9.56. The Hall–Kier alpha value is -1.58. The summed E-state index contributed by atoms with van der Waals surface area (Å²) < 4.78 is 24.9. The summed E-state index contributed by atoms with van der Waals surface area (Å²) in [4.78, 5) is 23.1. The van der Waals surface area contributed by atoms with Gasteiger partial charge in [-0.25, -0.2) is 12.7 Å². The van der Waals surface area contributed by atoms with Crippen molar-refractivity contribution >= 4 is 33.7 Å². The summed E-state index contributed by atoms with van der Waals surface area (Å²) in [7, 11) is -0.755. The van der Waals surface area contributed by atoms with Gasteiger partial charge in [-0.1, -0.05) is 0 Å². The molecule has 1 N–H and O–H groups in total. The highest BCUT2D eigenvalue weighted by atomic mass is 32.2. The topological polar surface area (TPSA) is 107 Å². The number of thioether (sulfide) groups is 1. The molecule has 7 nitrogen and oxygen atoms in total. The number of amides is 1. The van der Waals surface area contributed by atoms with Crippen molar-refractivity contribution in [2.45, 2.75) is 17.4 Å². The molecule has 0 spiro atoms. The summed E-state index contributed by atoms with van der Waals surface area (Å²) in [6.07, 6.45) is 2.08. The first kappa shape index (κ1) is 19.5. The third-order valence-corrected chi connectivity index (χ3v) is 5.57. The van der Waals surface area contributed by atoms with Crippen LogP contribution in [0.15, 0.2) is 29.2 Å². The largest absolute Gasteiger partial charge is 0.548 e. The maximum atomic E-state index is 12.0. The van der Waals surface area contributed by atoms with Crippen LogP contribution in [0.2, 0.25) is 0 Å². The van der Waals surface area contributed by atoms with E-state index in [1.807, 2.05) is 6.26 Å². The monoisotopic (exact) mass is 359 g/mol. The number of carboxylic acid groups (broad SMARTS) is 1. The van der Waals surface area contributed by atoms with E-state index in [4.69, 9.17) is 0 Å². The molecule has 0 aliphatic heterocycles. The van der Waals surface area contributed by atoms with E-state index in [1.54, 1.807) is 0 Å². The number of rotatable bonds is 8. The third kappa shape index (κ3) is 5.22. The minimum Gasteiger partial charge on any atom is -0.548 e. The van der Waals surface area contributed by atoms with Crippen molar-refractivity contribution in [3.05, 3.63) is 29.8 Å². The van der Waals surface area contributed by atoms with Crippen molar-refractivity contribution in [1.29, 1.82) is 0 Å². The minimum atomic E-state index is -3.57. The molecule has 0 unspecified atom stereocenters. The zero-order chi connectivity index (χ0) is 17.6. The molecule has 1 aromatic carbocycles. The molecular formula is C14H19N2O5S2-. The van der Waals surface area contributed by atoms with Gasteiger partial charge in [0.25, 0.3) is 5.91 Å². The molecule has 0 bridgehead atoms. The second-order valence-corrected chi connectivity index (χ2v) is 8.08. The molecule has 128 valence electrons. The van der Waals surface area contributed by atoms with Gasteiger partial charge in [0.2, 0.25) is 10.0 Å². The number of carbonyl (C=O) groups excluding carboxylic acids is 2. The van der Waals surface area contributed by atoms with Gasteiger partial charge in [0.05, 0.1) is 16.9 Å². The van der Waals surface area contributed by atoms with Crippen LogP contribution in [0.4, 0.5) is 0 Å². The third-order valence-electron chi connectivity index (χ3n) is 3.10. The van der Waals surface area contributed by atoms with Gasteiger partial charge in [-0.3, -0.25) is 4.79 Å². The Kier molecular flexibility index (Phi) is 7.04. The summed E-state index contributed by atoms with van der Waals surface area (Å²) >= 11 is 1.46. The van der Waals surface area contributed by atoms with Gasteiger partial charge in [-0.15, -0.1) is 0 Å². The molecule has 23 heavy (non-hydrogen) atoms. The molecule has 0 heterocycles. The number of benzene rings is 1. The van der Waals surface area contributed by atoms with Crippen molar-refractivity contribution < 1.29 is 23.1 Å². The van der Waals surface area contributed by atoms with E-state index < -0.39 is 27.9 Å². The SMILES string of the molecule is CSCC[C@@H](NC(=O)c1ccc(S(=O)(=O)N(C)C)cc1)C(=O)[O-]. The summed E-state index contributed by atoms with van der Waals surface area (Å²) in [6, 6.07) is 4.21. The number of carbonyl (C=O) groups is 2. The van der Waals surface area contributed by atoms with Crippen molar-refractivity contribution in [3.8, 4) is 0 Å². The predicted octanol–water partition coefficient (Wildman–Crippen LogP) is -0.462. The Bertz CT molecular complexity index is 656. The first-order chi connectivity index (χ1) is 10.7. The second kappa shape index (κ2) is 8.32. The number of nitrogens with one attached hydrogen (secondary N) is 1. The van der Waals surface area contributed by atoms with Crippen LogP contribution in [0.25, 0.3) is 0 Å². The van der Waals surface area contributed by atoms with Gasteiger partial charge in [-0.2, -0.15) is 11.8 Å². The average molecular weight is 359 g/mol. The van der Waals surface area contributed by atoms with Crippen molar-refractivity contribution in [2.24, 2.45) is 0 Å². The predicted molar refractivity (Wildman–Crippen MR) is 86.6 cm³/mol. The summed E-state index contributed by atoms with van der Waals surface area (Å²) in [5.41, 5.74) is 0.179. The fraction of sp³-hybridized carbons (Fsp3) is 0.429. The van der Waals surface area contributed by atoms with E-state index in [0.717, 1.165) is 4.31 Å². The van der Waals surface area contributed by atoms with Crippen LogP contribution in [0, 0.1) is 0 Å². The Morgan fingerprint density at radius 2 is 1.83 bits per heavy atom. The number of hydrogen-bond acceptors (Lipinski definition) is 6. The van der Waals surface area contributed by atoms with Crippen LogP contribution in [-0.2, 0) is 14.8 Å². The van der Waals surface area contributed by atoms with Crippen molar-refractivity contribution in [1.82, 2.24) is 9.62 Å². The van der Waals surface area contributed by atoms with Gasteiger partial charge in [-0.05, 0) is 42.7 Å². The molecule has 0 saturated heterocycles. The smallest absolute Gasteiger partial charge is 0.251 e. The highest BCUT2D eigenvalue weighted by Crippen LogP contribution is 2.14. The average Bonchev–Trinajstić information content (AvgIpc) is 2.50. The van der Waals surface area contributed by atoms with Gasteiger partial charge >= 0.3 is 0 Å². The number of hydrogen-bond donors (Lipinski definition) is 1. The number of aliphatic carboxylic acids is 1. The van der Waals surface area contributed by atoms with Gasteiger partial charge in [0.15, 0.2) is 0 Å². The minimum absolute atomic E-state index is 0.0536. The van der Waals surface area contributed by atoms with E-state index >= 15 is 0 Å². The highest BCUT2D eigenvalue weighted by Gasteiger charge is 2.19. The van der Waals surface area contributed by atoms with E-state index in [9.17, 15) is 23.1 Å². The summed E-state index contributed by atoms with van der Waals surface area (Å²) in [5.74, 6) is -1.37. The molecular weight excluding hydrogens is 340 g/mol. The molecule has 0 radical (unpaired) electrons. The molecule has 9 heteroatoms. The maximum absolute atomic E-state index is 12.0. The van der Waals surface area contributed by atoms with Crippen LogP contribution in [0.3, 0.4) is 0 Å². The molecule has 1 atom stereocenters. The Balaban J connectivity index is 2.87. The molecule has 0 saturated carbocycles. The van der Waals surface area contributed by atoms with Crippen molar-refractivity contribution in [3.63, 3.8) is 0 Å². The summed E-state index contributed by atoms with van der Waals surface area (Å²) in [5, 5.41) is 13.4. The fourth-order valence-electron chi connectivity index (χ4n) is 1.72. The zero-order valence-corrected chi connectivity index (χ0v) is 14.7. The number of carboxylic acids is 1. The molecule has 1 aromatic rings. The standard InChI is InChI=1S/C14H20N2O5S2/c1-16(2)23(20,21)11-6-4-10(5-7-11)13(17)15-12(14(18)19)8-9-22-3/h4-7,12H,8-9H2,1-3H3,(H,15,17)(H,18,19)/p-1/t12-/m1/s1. The molecule has 0 fully saturated rings. The van der Waals surface area contributed by atoms with Gasteiger partial charge < -0.3 is 15.2 Å². The van der Waals surface area contributed by atoms with Crippen LogP contribution in [-0.4, -0.2) is 56.7 Å². The van der Waals surface area contributed by atoms with Crippen LogP contribution < -0.4 is 10.4 Å². The fourth-order valence-corrected chi connectivity index (χ4v) is 3.09. The lowest BCUT2D eigenvalue weighted by Crippen LogP contribution is -2.48. The quantitative estimate of drug-likeness (QED) is 0.673. The first-order valence-electron chi connectivity index (χ1n) is 6.73. The lowest BCUT2D eigenvalue weighted by atomic mass is 10.1. The zero-order valence-electron chi connectivity index (χ0n) is 13.1. The number of nitrogens with zero attached hydrogens (tertiary/aromatic N) is 1. The molecule has 1 amide bonds. The lowest BCUT2D eigenvalue weighted by molar-refractivity contribution is -0.308. The Morgan fingerprint density at radius 3 is 2.26 bits per heavy atom. The molecule has 0 aliphatic carbocycles. The summed E-state index contributed by atoms with van der Waals surface area (Å²) in [6.45, 7) is 0.